The molecule has 3 N–H and O–H groups in total. The zero-order valence-corrected chi connectivity index (χ0v) is 12.4. The molecule has 0 heterocycles. The average molecular weight is 279 g/mol. The molecule has 1 amide bonds. The molecule has 5 nitrogen and oxygen atoms in total. The number of nitrogen functional groups attached to an aromatic ring is 1. The summed E-state index contributed by atoms with van der Waals surface area (Å²) in [6.07, 6.45) is 3.69. The van der Waals surface area contributed by atoms with Gasteiger partial charge >= 0.3 is 0 Å². The Balaban J connectivity index is 2.40. The predicted molar refractivity (Wildman–Crippen MR) is 80.6 cm³/mol. The second-order valence-electron chi connectivity index (χ2n) is 4.83. The van der Waals surface area contributed by atoms with Gasteiger partial charge in [-0.2, -0.15) is 0 Å². The molecule has 0 aromatic heterocycles. The minimum Gasteiger partial charge on any atom is -0.491 e. The van der Waals surface area contributed by atoms with Crippen molar-refractivity contribution in [2.24, 2.45) is 5.84 Å². The number of unbranched alkanes of at least 4 members (excludes halogenated alkanes) is 2. The molecule has 0 saturated carbocycles. The summed E-state index contributed by atoms with van der Waals surface area (Å²) in [5, 5.41) is 0. The molecule has 0 aliphatic carbocycles. The highest BCUT2D eigenvalue weighted by atomic mass is 16.5. The van der Waals surface area contributed by atoms with Gasteiger partial charge in [-0.1, -0.05) is 31.9 Å². The summed E-state index contributed by atoms with van der Waals surface area (Å²) in [6.45, 7) is 4.66. The highest BCUT2D eigenvalue weighted by Crippen LogP contribution is 2.17. The fraction of sp³-hybridized carbons (Fsp3) is 0.533. The predicted octanol–water partition coefficient (Wildman–Crippen LogP) is 1.79. The van der Waals surface area contributed by atoms with Crippen molar-refractivity contribution in [3.8, 4) is 5.75 Å². The number of para-hydroxylation sites is 1. The largest absolute Gasteiger partial charge is 0.491 e. The lowest BCUT2D eigenvalue weighted by atomic mass is 10.2. The number of carbonyl (C=O) groups excluding carboxylic acids is 1. The molecule has 112 valence electrons. The molecule has 0 atom stereocenters. The Bertz CT molecular complexity index is 410. The lowest BCUT2D eigenvalue weighted by Crippen LogP contribution is -2.30. The lowest BCUT2D eigenvalue weighted by Gasteiger charge is -2.17. The first kappa shape index (κ1) is 16.5. The van der Waals surface area contributed by atoms with Crippen LogP contribution in [0.15, 0.2) is 24.3 Å². The summed E-state index contributed by atoms with van der Waals surface area (Å²) in [5.74, 6) is 5.39. The number of likely N-dealkylation sites (N-methyl/N-ethyl adjacent to an activating group) is 1. The fourth-order valence-corrected chi connectivity index (χ4v) is 1.91. The van der Waals surface area contributed by atoms with Gasteiger partial charge in [0.05, 0.1) is 5.56 Å². The Morgan fingerprint density at radius 1 is 1.30 bits per heavy atom. The summed E-state index contributed by atoms with van der Waals surface area (Å²) in [5.41, 5.74) is 2.59. The SMILES string of the molecule is CCCCCN(C)CCOc1ccccc1C(=O)NN. The second-order valence-corrected chi connectivity index (χ2v) is 4.83. The van der Waals surface area contributed by atoms with Gasteiger partial charge in [-0.15, -0.1) is 0 Å². The number of hydrogen-bond acceptors (Lipinski definition) is 4. The molecule has 0 unspecified atom stereocenters. The molecule has 0 radical (unpaired) electrons. The van der Waals surface area contributed by atoms with Crippen LogP contribution in [-0.4, -0.2) is 37.6 Å². The van der Waals surface area contributed by atoms with E-state index in [-0.39, 0.29) is 5.91 Å². The van der Waals surface area contributed by atoms with Crippen molar-refractivity contribution in [2.45, 2.75) is 26.2 Å². The topological polar surface area (TPSA) is 67.6 Å². The van der Waals surface area contributed by atoms with Gasteiger partial charge in [0.2, 0.25) is 0 Å². The number of nitrogens with one attached hydrogen (secondary N) is 1. The number of hydrogen-bond donors (Lipinski definition) is 2. The highest BCUT2D eigenvalue weighted by molar-refractivity contribution is 5.96. The third kappa shape index (κ3) is 5.59. The van der Waals surface area contributed by atoms with Gasteiger partial charge in [0.15, 0.2) is 0 Å². The summed E-state index contributed by atoms with van der Waals surface area (Å²) >= 11 is 0. The zero-order valence-electron chi connectivity index (χ0n) is 12.4. The number of nitrogens with zero attached hydrogens (tertiary/aromatic N) is 1. The van der Waals surface area contributed by atoms with Crippen LogP contribution < -0.4 is 16.0 Å². The first-order chi connectivity index (χ1) is 9.69. The zero-order chi connectivity index (χ0) is 14.8. The van der Waals surface area contributed by atoms with Gasteiger partial charge in [0, 0.05) is 6.54 Å². The van der Waals surface area contributed by atoms with E-state index in [4.69, 9.17) is 10.6 Å². The van der Waals surface area contributed by atoms with Gasteiger partial charge in [0.25, 0.3) is 5.91 Å². The van der Waals surface area contributed by atoms with Crippen molar-refractivity contribution < 1.29 is 9.53 Å². The molecule has 0 bridgehead atoms. The van der Waals surface area contributed by atoms with Crippen LogP contribution in [0.1, 0.15) is 36.5 Å². The maximum absolute atomic E-state index is 11.6. The van der Waals surface area contributed by atoms with Crippen LogP contribution in [0.3, 0.4) is 0 Å². The van der Waals surface area contributed by atoms with Crippen LogP contribution in [-0.2, 0) is 0 Å². The highest BCUT2D eigenvalue weighted by Gasteiger charge is 2.10. The lowest BCUT2D eigenvalue weighted by molar-refractivity contribution is 0.0949. The Kier molecular flexibility index (Phi) is 7.69. The Hall–Kier alpha value is -1.59. The average Bonchev–Trinajstić information content (AvgIpc) is 2.47. The van der Waals surface area contributed by atoms with Crippen molar-refractivity contribution in [2.75, 3.05) is 26.7 Å². The number of benzene rings is 1. The van der Waals surface area contributed by atoms with E-state index >= 15 is 0 Å². The van der Waals surface area contributed by atoms with Crippen LogP contribution in [0.2, 0.25) is 0 Å². The van der Waals surface area contributed by atoms with Gasteiger partial charge in [-0.3, -0.25) is 10.2 Å². The van der Waals surface area contributed by atoms with Crippen LogP contribution >= 0.6 is 0 Å². The summed E-state index contributed by atoms with van der Waals surface area (Å²) in [6, 6.07) is 7.10. The van der Waals surface area contributed by atoms with E-state index in [2.05, 4.69) is 24.3 Å². The third-order valence-corrected chi connectivity index (χ3v) is 3.14. The molecule has 0 aliphatic heterocycles. The van der Waals surface area contributed by atoms with Gasteiger partial charge < -0.3 is 9.64 Å². The van der Waals surface area contributed by atoms with E-state index in [1.165, 1.54) is 19.3 Å². The van der Waals surface area contributed by atoms with Crippen molar-refractivity contribution in [1.82, 2.24) is 10.3 Å². The van der Waals surface area contributed by atoms with E-state index in [9.17, 15) is 4.79 Å². The Labute approximate surface area is 121 Å². The molecule has 1 aromatic carbocycles. The second kappa shape index (κ2) is 9.34. The molecule has 5 heteroatoms. The summed E-state index contributed by atoms with van der Waals surface area (Å²) in [7, 11) is 2.08. The summed E-state index contributed by atoms with van der Waals surface area (Å²) in [4.78, 5) is 13.8. The van der Waals surface area contributed by atoms with Crippen molar-refractivity contribution in [3.05, 3.63) is 29.8 Å². The number of amides is 1. The van der Waals surface area contributed by atoms with Gasteiger partial charge in [-0.25, -0.2) is 5.84 Å². The van der Waals surface area contributed by atoms with Crippen LogP contribution in [0, 0.1) is 0 Å². The first-order valence-electron chi connectivity index (χ1n) is 7.10. The Morgan fingerprint density at radius 3 is 2.75 bits per heavy atom. The minimum atomic E-state index is -0.336. The summed E-state index contributed by atoms with van der Waals surface area (Å²) < 4.78 is 5.68. The quantitative estimate of drug-likeness (QED) is 0.313. The molecule has 0 aliphatic rings. The maximum Gasteiger partial charge on any atom is 0.268 e. The van der Waals surface area contributed by atoms with Crippen LogP contribution in [0.4, 0.5) is 0 Å². The smallest absolute Gasteiger partial charge is 0.268 e. The van der Waals surface area contributed by atoms with E-state index in [1.54, 1.807) is 18.2 Å². The van der Waals surface area contributed by atoms with Gasteiger partial charge in [0.1, 0.15) is 12.4 Å². The number of nitrogens with two attached hydrogens (primary N) is 1. The Morgan fingerprint density at radius 2 is 2.05 bits per heavy atom. The number of hydrazine groups is 1. The molecule has 1 rings (SSSR count). The number of ether oxygens (including phenoxy) is 1. The molecular formula is C15H25N3O2. The minimum absolute atomic E-state index is 0.336. The standard InChI is InChI=1S/C15H25N3O2/c1-3-4-7-10-18(2)11-12-20-14-9-6-5-8-13(14)15(19)17-16/h5-6,8-9H,3-4,7,10-12,16H2,1-2H3,(H,17,19). The van der Waals surface area contributed by atoms with E-state index in [0.29, 0.717) is 17.9 Å². The molecule has 0 saturated heterocycles. The fourth-order valence-electron chi connectivity index (χ4n) is 1.91. The van der Waals surface area contributed by atoms with Crippen molar-refractivity contribution in [3.63, 3.8) is 0 Å². The van der Waals surface area contributed by atoms with Gasteiger partial charge in [-0.05, 0) is 32.1 Å². The monoisotopic (exact) mass is 279 g/mol. The van der Waals surface area contributed by atoms with E-state index in [1.807, 2.05) is 6.07 Å². The molecule has 20 heavy (non-hydrogen) atoms. The maximum atomic E-state index is 11.6. The van der Waals surface area contributed by atoms with E-state index < -0.39 is 0 Å². The molecule has 1 aromatic rings. The van der Waals surface area contributed by atoms with Crippen molar-refractivity contribution in [1.29, 1.82) is 0 Å². The third-order valence-electron chi connectivity index (χ3n) is 3.14. The van der Waals surface area contributed by atoms with Crippen LogP contribution in [0.25, 0.3) is 0 Å². The molecule has 0 spiro atoms. The van der Waals surface area contributed by atoms with Crippen LogP contribution in [0.5, 0.6) is 5.75 Å². The molecule has 0 fully saturated rings. The first-order valence-corrected chi connectivity index (χ1v) is 7.10. The van der Waals surface area contributed by atoms with Crippen molar-refractivity contribution >= 4 is 5.91 Å². The normalized spacial score (nSPS) is 10.6. The van der Waals surface area contributed by atoms with E-state index in [0.717, 1.165) is 13.1 Å². The molecular weight excluding hydrogens is 254 g/mol. The number of carbonyl (C=O) groups is 1. The number of rotatable bonds is 9.